The van der Waals surface area contributed by atoms with Crippen LogP contribution in [-0.4, -0.2) is 55.2 Å². The lowest BCUT2D eigenvalue weighted by molar-refractivity contribution is -0.139. The van der Waals surface area contributed by atoms with Gasteiger partial charge in [-0.3, -0.25) is 4.79 Å². The Morgan fingerprint density at radius 3 is 2.86 bits per heavy atom. The van der Waals surface area contributed by atoms with Crippen molar-refractivity contribution in [1.82, 2.24) is 20.0 Å². The molecule has 0 saturated carbocycles. The Morgan fingerprint density at radius 2 is 2.21 bits per heavy atom. The number of rotatable bonds is 5. The highest BCUT2D eigenvalue weighted by Crippen LogP contribution is 2.36. The van der Waals surface area contributed by atoms with Gasteiger partial charge >= 0.3 is 5.97 Å². The van der Waals surface area contributed by atoms with Crippen molar-refractivity contribution in [1.29, 1.82) is 5.26 Å². The summed E-state index contributed by atoms with van der Waals surface area (Å²) in [6.07, 6.45) is -0.887. The third kappa shape index (κ3) is 3.91. The van der Waals surface area contributed by atoms with Crippen LogP contribution < -0.4 is 4.90 Å². The van der Waals surface area contributed by atoms with Crippen LogP contribution in [0.25, 0.3) is 11.4 Å². The summed E-state index contributed by atoms with van der Waals surface area (Å²) in [6.45, 7) is -0.865. The van der Waals surface area contributed by atoms with Gasteiger partial charge in [0.25, 0.3) is 5.92 Å². The normalized spacial score (nSPS) is 18.7. The summed E-state index contributed by atoms with van der Waals surface area (Å²) in [5.41, 5.74) is 1.09. The molecule has 1 fully saturated rings. The summed E-state index contributed by atoms with van der Waals surface area (Å²) in [6, 6.07) is 4.89. The molecule has 1 aliphatic rings. The Morgan fingerprint density at radius 1 is 1.46 bits per heavy atom. The Labute approximate surface area is 158 Å². The molecule has 0 amide bonds. The number of pyridine rings is 1. The number of carbonyl (C=O) groups is 1. The Kier molecular flexibility index (Phi) is 5.24. The first-order valence-corrected chi connectivity index (χ1v) is 8.49. The molecule has 2 aromatic rings. The summed E-state index contributed by atoms with van der Waals surface area (Å²) in [5.74, 6) is -4.96. The lowest BCUT2D eigenvalue weighted by Crippen LogP contribution is -2.48. The fraction of sp³-hybridized carbons (Fsp3) is 0.471. The van der Waals surface area contributed by atoms with Crippen molar-refractivity contribution in [3.8, 4) is 17.5 Å². The number of aliphatic carboxylic acids is 1. The molecule has 9 nitrogen and oxygen atoms in total. The largest absolute Gasteiger partial charge is 0.481 e. The van der Waals surface area contributed by atoms with Gasteiger partial charge in [0, 0.05) is 20.0 Å². The Hall–Kier alpha value is -3.13. The monoisotopic (exact) mass is 392 g/mol. The maximum Gasteiger partial charge on any atom is 0.303 e. The number of nitrogens with zero attached hydrogens (tertiary/aromatic N) is 6. The van der Waals surface area contributed by atoms with E-state index in [1.54, 1.807) is 7.05 Å². The highest BCUT2D eigenvalue weighted by atomic mass is 19.3. The molecule has 0 aromatic carbocycles. The molecule has 1 aliphatic heterocycles. The molecule has 0 aliphatic carbocycles. The predicted molar refractivity (Wildman–Crippen MR) is 92.4 cm³/mol. The van der Waals surface area contributed by atoms with Gasteiger partial charge in [0.2, 0.25) is 0 Å². The van der Waals surface area contributed by atoms with Gasteiger partial charge in [-0.1, -0.05) is 5.21 Å². The molecule has 3 heterocycles. The first-order valence-electron chi connectivity index (χ1n) is 8.49. The van der Waals surface area contributed by atoms with Crippen LogP contribution in [0.15, 0.2) is 12.1 Å². The predicted octanol–water partition coefficient (Wildman–Crippen LogP) is 1.18. The van der Waals surface area contributed by atoms with E-state index in [0.29, 0.717) is 11.4 Å². The number of alkyl halides is 2. The number of nitriles is 1. The van der Waals surface area contributed by atoms with E-state index in [4.69, 9.17) is 5.11 Å². The topological polar surface area (TPSA) is 128 Å². The average molecular weight is 392 g/mol. The van der Waals surface area contributed by atoms with Gasteiger partial charge in [-0.15, -0.1) is 5.10 Å². The minimum Gasteiger partial charge on any atom is -0.481 e. The molecule has 3 rings (SSSR count). The van der Waals surface area contributed by atoms with Gasteiger partial charge in [-0.25, -0.2) is 18.4 Å². The summed E-state index contributed by atoms with van der Waals surface area (Å²) in [7, 11) is 1.60. The van der Waals surface area contributed by atoms with Gasteiger partial charge in [0.15, 0.2) is 5.69 Å². The second-order valence-electron chi connectivity index (χ2n) is 6.75. The number of aryl methyl sites for hydroxylation is 1. The van der Waals surface area contributed by atoms with Gasteiger partial charge in [-0.05, 0) is 18.1 Å². The zero-order valence-electron chi connectivity index (χ0n) is 15.0. The minimum absolute atomic E-state index is 0.0844. The molecule has 1 saturated heterocycles. The number of hydrogen-bond donors (Lipinski definition) is 2. The molecule has 0 unspecified atom stereocenters. The standard InChI is InChI=1S/C17H18F2N6O3/c1-24-14(8-26)16(22-23-24)11-2-3-13(12(6-20)21-11)25-7-10(4-15(27)28)5-17(18,19)9-25/h2-3,10,26H,4-5,7-9H2,1H3,(H,27,28)/t10-/m0/s1. The van der Waals surface area contributed by atoms with Gasteiger partial charge in [0.1, 0.15) is 11.8 Å². The number of aromatic nitrogens is 4. The van der Waals surface area contributed by atoms with Crippen LogP contribution in [0.5, 0.6) is 0 Å². The maximum atomic E-state index is 14.1. The van der Waals surface area contributed by atoms with Crippen molar-refractivity contribution in [2.75, 3.05) is 18.0 Å². The third-order valence-corrected chi connectivity index (χ3v) is 4.61. The van der Waals surface area contributed by atoms with Gasteiger partial charge in [-0.2, -0.15) is 5.26 Å². The molecular formula is C17H18F2N6O3. The second kappa shape index (κ2) is 7.47. The van der Waals surface area contributed by atoms with E-state index in [1.807, 2.05) is 6.07 Å². The summed E-state index contributed by atoms with van der Waals surface area (Å²) in [5, 5.41) is 35.6. The number of carboxylic acid groups (broad SMARTS) is 1. The quantitative estimate of drug-likeness (QED) is 0.776. The van der Waals surface area contributed by atoms with Crippen LogP contribution in [0.3, 0.4) is 0 Å². The van der Waals surface area contributed by atoms with E-state index in [-0.39, 0.29) is 36.6 Å². The van der Waals surface area contributed by atoms with E-state index in [2.05, 4.69) is 15.3 Å². The fourth-order valence-corrected chi connectivity index (χ4v) is 3.45. The van der Waals surface area contributed by atoms with Gasteiger partial charge in [0.05, 0.1) is 36.6 Å². The van der Waals surface area contributed by atoms with Crippen LogP contribution in [0.2, 0.25) is 0 Å². The number of aliphatic hydroxyl groups excluding tert-OH is 1. The van der Waals surface area contributed by atoms with Crippen LogP contribution in [0.4, 0.5) is 14.5 Å². The van der Waals surface area contributed by atoms with Crippen molar-refractivity contribution in [3.63, 3.8) is 0 Å². The van der Waals surface area contributed by atoms with Crippen molar-refractivity contribution in [2.24, 2.45) is 13.0 Å². The molecule has 0 radical (unpaired) electrons. The summed E-state index contributed by atoms with van der Waals surface area (Å²) in [4.78, 5) is 16.4. The zero-order valence-corrected chi connectivity index (χ0v) is 15.0. The van der Waals surface area contributed by atoms with Crippen LogP contribution in [-0.2, 0) is 18.4 Å². The molecule has 11 heteroatoms. The van der Waals surface area contributed by atoms with E-state index < -0.39 is 30.8 Å². The van der Waals surface area contributed by atoms with Crippen LogP contribution >= 0.6 is 0 Å². The van der Waals surface area contributed by atoms with Crippen LogP contribution in [0.1, 0.15) is 24.2 Å². The molecule has 2 N–H and O–H groups in total. The average Bonchev–Trinajstić information content (AvgIpc) is 2.99. The van der Waals surface area contributed by atoms with Crippen molar-refractivity contribution in [3.05, 3.63) is 23.5 Å². The van der Waals surface area contributed by atoms with E-state index >= 15 is 0 Å². The zero-order chi connectivity index (χ0) is 20.5. The van der Waals surface area contributed by atoms with Crippen molar-refractivity contribution < 1.29 is 23.8 Å². The number of carboxylic acids is 1. The third-order valence-electron chi connectivity index (χ3n) is 4.61. The smallest absolute Gasteiger partial charge is 0.303 e. The number of hydrogen-bond acceptors (Lipinski definition) is 7. The number of piperidine rings is 1. The molecule has 28 heavy (non-hydrogen) atoms. The Bertz CT molecular complexity index is 939. The molecule has 1 atom stereocenters. The summed E-state index contributed by atoms with van der Waals surface area (Å²) >= 11 is 0. The Balaban J connectivity index is 1.96. The molecule has 2 aromatic heterocycles. The maximum absolute atomic E-state index is 14.1. The number of halogens is 2. The second-order valence-corrected chi connectivity index (χ2v) is 6.75. The molecule has 0 spiro atoms. The first kappa shape index (κ1) is 19.6. The minimum atomic E-state index is -3.07. The lowest BCUT2D eigenvalue weighted by atomic mass is 9.92. The highest BCUT2D eigenvalue weighted by molar-refractivity contribution is 5.68. The van der Waals surface area contributed by atoms with Gasteiger partial charge < -0.3 is 15.1 Å². The van der Waals surface area contributed by atoms with Crippen LogP contribution in [0, 0.1) is 17.2 Å². The SMILES string of the molecule is Cn1nnc(-c2ccc(N3C[C@@H](CC(=O)O)CC(F)(F)C3)c(C#N)n2)c1CO. The van der Waals surface area contributed by atoms with Crippen molar-refractivity contribution in [2.45, 2.75) is 25.4 Å². The van der Waals surface area contributed by atoms with E-state index in [0.717, 1.165) is 0 Å². The molecule has 148 valence electrons. The van der Waals surface area contributed by atoms with Crippen molar-refractivity contribution >= 4 is 11.7 Å². The van der Waals surface area contributed by atoms with E-state index in [1.165, 1.54) is 21.7 Å². The summed E-state index contributed by atoms with van der Waals surface area (Å²) < 4.78 is 29.6. The van der Waals surface area contributed by atoms with E-state index in [9.17, 15) is 23.9 Å². The highest BCUT2D eigenvalue weighted by Gasteiger charge is 2.41. The number of aliphatic hydroxyl groups is 1. The molecule has 0 bridgehead atoms. The first-order chi connectivity index (χ1) is 13.2. The fourth-order valence-electron chi connectivity index (χ4n) is 3.45. The lowest BCUT2D eigenvalue weighted by Gasteiger charge is -2.38. The molecular weight excluding hydrogens is 374 g/mol. The number of anilines is 1.